The number of benzene rings is 1. The number of halogens is 2. The number of ether oxygens (including phenoxy) is 1. The van der Waals surface area contributed by atoms with Crippen LogP contribution >= 0.6 is 11.6 Å². The Morgan fingerprint density at radius 1 is 1.64 bits per heavy atom. The van der Waals surface area contributed by atoms with Crippen molar-refractivity contribution in [2.45, 2.75) is 0 Å². The minimum Gasteiger partial charge on any atom is -0.484 e. The van der Waals surface area contributed by atoms with Gasteiger partial charge in [-0.2, -0.15) is 0 Å². The number of rotatable bonds is 3. The number of hydrogen-bond donors (Lipinski definition) is 1. The molecule has 1 rings (SSSR count). The zero-order valence-corrected chi connectivity index (χ0v) is 8.27. The van der Waals surface area contributed by atoms with Crippen molar-refractivity contribution in [2.75, 3.05) is 13.7 Å². The Labute approximate surface area is 85.8 Å². The summed E-state index contributed by atoms with van der Waals surface area (Å²) in [7, 11) is 1.49. The normalized spacial score (nSPS) is 9.64. The first kappa shape index (κ1) is 10.8. The maximum absolute atomic E-state index is 12.9. The van der Waals surface area contributed by atoms with Crippen molar-refractivity contribution in [3.05, 3.63) is 29.0 Å². The SMILES string of the molecule is CNC(=O)COc1ccc(Cl)c(F)c1. The summed E-state index contributed by atoms with van der Waals surface area (Å²) in [6.07, 6.45) is 0. The highest BCUT2D eigenvalue weighted by Crippen LogP contribution is 2.20. The van der Waals surface area contributed by atoms with E-state index in [1.807, 2.05) is 0 Å². The number of carbonyl (C=O) groups excluding carboxylic acids is 1. The van der Waals surface area contributed by atoms with E-state index in [2.05, 4.69) is 5.32 Å². The van der Waals surface area contributed by atoms with Gasteiger partial charge in [0, 0.05) is 13.1 Å². The van der Waals surface area contributed by atoms with Crippen LogP contribution in [-0.2, 0) is 4.79 Å². The van der Waals surface area contributed by atoms with Crippen LogP contribution in [0.3, 0.4) is 0 Å². The van der Waals surface area contributed by atoms with Crippen molar-refractivity contribution in [3.63, 3.8) is 0 Å². The molecular formula is C9H9ClFNO2. The fraction of sp³-hybridized carbons (Fsp3) is 0.222. The number of nitrogens with one attached hydrogen (secondary N) is 1. The first-order valence-electron chi connectivity index (χ1n) is 3.92. The Morgan fingerprint density at radius 2 is 2.36 bits per heavy atom. The molecule has 0 aliphatic rings. The fourth-order valence-corrected chi connectivity index (χ4v) is 0.905. The quantitative estimate of drug-likeness (QED) is 0.835. The molecule has 3 nitrogen and oxygen atoms in total. The molecule has 1 amide bonds. The van der Waals surface area contributed by atoms with Crippen LogP contribution in [0, 0.1) is 5.82 Å². The van der Waals surface area contributed by atoms with Crippen LogP contribution in [0.25, 0.3) is 0 Å². The van der Waals surface area contributed by atoms with E-state index in [-0.39, 0.29) is 23.3 Å². The summed E-state index contributed by atoms with van der Waals surface area (Å²) in [6.45, 7) is -0.141. The number of hydrogen-bond acceptors (Lipinski definition) is 2. The molecule has 0 atom stereocenters. The monoisotopic (exact) mass is 217 g/mol. The molecular weight excluding hydrogens is 209 g/mol. The summed E-state index contributed by atoms with van der Waals surface area (Å²) < 4.78 is 17.9. The van der Waals surface area contributed by atoms with Gasteiger partial charge in [0.25, 0.3) is 5.91 Å². The third-order valence-electron chi connectivity index (χ3n) is 1.54. The van der Waals surface area contributed by atoms with Gasteiger partial charge in [0.2, 0.25) is 0 Å². The number of amides is 1. The van der Waals surface area contributed by atoms with Crippen molar-refractivity contribution in [3.8, 4) is 5.75 Å². The maximum Gasteiger partial charge on any atom is 0.257 e. The molecule has 0 unspecified atom stereocenters. The van der Waals surface area contributed by atoms with E-state index < -0.39 is 5.82 Å². The van der Waals surface area contributed by atoms with Gasteiger partial charge in [-0.05, 0) is 12.1 Å². The summed E-state index contributed by atoms with van der Waals surface area (Å²) >= 11 is 5.46. The van der Waals surface area contributed by atoms with Crippen molar-refractivity contribution in [1.82, 2.24) is 5.32 Å². The van der Waals surface area contributed by atoms with Crippen molar-refractivity contribution < 1.29 is 13.9 Å². The topological polar surface area (TPSA) is 38.3 Å². The van der Waals surface area contributed by atoms with Gasteiger partial charge in [-0.3, -0.25) is 4.79 Å². The van der Waals surface area contributed by atoms with Gasteiger partial charge in [0.05, 0.1) is 5.02 Å². The molecule has 14 heavy (non-hydrogen) atoms. The molecule has 0 aliphatic heterocycles. The average Bonchev–Trinajstić information content (AvgIpc) is 2.19. The van der Waals surface area contributed by atoms with Crippen LogP contribution in [0.2, 0.25) is 5.02 Å². The van der Waals surface area contributed by atoms with Crippen LogP contribution in [0.5, 0.6) is 5.75 Å². The minimum absolute atomic E-state index is 0.0253. The highest BCUT2D eigenvalue weighted by atomic mass is 35.5. The first-order valence-corrected chi connectivity index (χ1v) is 4.29. The Kier molecular flexibility index (Phi) is 3.71. The molecule has 0 heterocycles. The molecule has 1 aromatic rings. The van der Waals surface area contributed by atoms with Crippen LogP contribution in [0.4, 0.5) is 4.39 Å². The minimum atomic E-state index is -0.568. The van der Waals surface area contributed by atoms with E-state index in [1.165, 1.54) is 19.2 Å². The average molecular weight is 218 g/mol. The molecule has 0 saturated carbocycles. The molecule has 0 spiro atoms. The molecule has 0 bridgehead atoms. The van der Waals surface area contributed by atoms with E-state index in [9.17, 15) is 9.18 Å². The second-order valence-corrected chi connectivity index (χ2v) is 2.94. The standard InChI is InChI=1S/C9H9ClFNO2/c1-12-9(13)5-14-6-2-3-7(10)8(11)4-6/h2-4H,5H2,1H3,(H,12,13). The fourth-order valence-electron chi connectivity index (χ4n) is 0.788. The molecule has 0 radical (unpaired) electrons. The lowest BCUT2D eigenvalue weighted by molar-refractivity contribution is -0.122. The summed E-state index contributed by atoms with van der Waals surface area (Å²) in [4.78, 5) is 10.8. The predicted octanol–water partition coefficient (Wildman–Crippen LogP) is 1.60. The van der Waals surface area contributed by atoms with Gasteiger partial charge >= 0.3 is 0 Å². The summed E-state index contributed by atoms with van der Waals surface area (Å²) in [6, 6.07) is 4.00. The first-order chi connectivity index (χ1) is 6.63. The van der Waals surface area contributed by atoms with Crippen molar-refractivity contribution >= 4 is 17.5 Å². The molecule has 0 aromatic heterocycles. The predicted molar refractivity (Wildman–Crippen MR) is 51.0 cm³/mol. The molecule has 76 valence electrons. The second-order valence-electron chi connectivity index (χ2n) is 2.54. The molecule has 0 saturated heterocycles. The Morgan fingerprint density at radius 3 is 2.93 bits per heavy atom. The maximum atomic E-state index is 12.9. The second kappa shape index (κ2) is 4.81. The Balaban J connectivity index is 2.60. The molecule has 5 heteroatoms. The van der Waals surface area contributed by atoms with Gasteiger partial charge in [-0.25, -0.2) is 4.39 Å². The summed E-state index contributed by atoms with van der Waals surface area (Å²) in [5.41, 5.74) is 0. The smallest absolute Gasteiger partial charge is 0.257 e. The van der Waals surface area contributed by atoms with E-state index in [1.54, 1.807) is 0 Å². The van der Waals surface area contributed by atoms with Crippen LogP contribution < -0.4 is 10.1 Å². The van der Waals surface area contributed by atoms with Gasteiger partial charge in [0.1, 0.15) is 11.6 Å². The van der Waals surface area contributed by atoms with Crippen LogP contribution in [-0.4, -0.2) is 19.6 Å². The zero-order chi connectivity index (χ0) is 10.6. The van der Waals surface area contributed by atoms with Gasteiger partial charge in [-0.1, -0.05) is 11.6 Å². The van der Waals surface area contributed by atoms with Gasteiger partial charge in [-0.15, -0.1) is 0 Å². The van der Waals surface area contributed by atoms with Gasteiger partial charge in [0.15, 0.2) is 6.61 Å². The van der Waals surface area contributed by atoms with E-state index in [0.29, 0.717) is 0 Å². The lowest BCUT2D eigenvalue weighted by atomic mass is 10.3. The van der Waals surface area contributed by atoms with Crippen LogP contribution in [0.15, 0.2) is 18.2 Å². The Hall–Kier alpha value is -1.29. The molecule has 1 N–H and O–H groups in total. The molecule has 0 aliphatic carbocycles. The Bertz CT molecular complexity index is 344. The summed E-state index contributed by atoms with van der Waals surface area (Å²) in [5.74, 6) is -0.572. The largest absolute Gasteiger partial charge is 0.484 e. The summed E-state index contributed by atoms with van der Waals surface area (Å²) in [5, 5.41) is 2.40. The molecule has 0 fully saturated rings. The van der Waals surface area contributed by atoms with Crippen molar-refractivity contribution in [1.29, 1.82) is 0 Å². The van der Waals surface area contributed by atoms with Crippen molar-refractivity contribution in [2.24, 2.45) is 0 Å². The number of likely N-dealkylation sites (N-methyl/N-ethyl adjacent to an activating group) is 1. The highest BCUT2D eigenvalue weighted by molar-refractivity contribution is 6.30. The number of carbonyl (C=O) groups is 1. The van der Waals surface area contributed by atoms with E-state index >= 15 is 0 Å². The van der Waals surface area contributed by atoms with E-state index in [4.69, 9.17) is 16.3 Å². The third-order valence-corrected chi connectivity index (χ3v) is 1.85. The van der Waals surface area contributed by atoms with Crippen LogP contribution in [0.1, 0.15) is 0 Å². The van der Waals surface area contributed by atoms with Gasteiger partial charge < -0.3 is 10.1 Å². The molecule has 1 aromatic carbocycles. The third kappa shape index (κ3) is 2.88. The lowest BCUT2D eigenvalue weighted by Gasteiger charge is -2.05. The lowest BCUT2D eigenvalue weighted by Crippen LogP contribution is -2.24. The van der Waals surface area contributed by atoms with E-state index in [0.717, 1.165) is 6.07 Å². The highest BCUT2D eigenvalue weighted by Gasteiger charge is 2.03. The zero-order valence-electron chi connectivity index (χ0n) is 7.51.